The minimum atomic E-state index is -0.406. The van der Waals surface area contributed by atoms with Crippen molar-refractivity contribution in [1.82, 2.24) is 20.5 Å². The molecule has 8 heteroatoms. The fraction of sp³-hybridized carbons (Fsp3) is 0.438. The highest BCUT2D eigenvalue weighted by molar-refractivity contribution is 6.31. The van der Waals surface area contributed by atoms with Crippen LogP contribution in [-0.2, 0) is 10.3 Å². The molecule has 2 aliphatic rings. The molecule has 1 aliphatic heterocycles. The summed E-state index contributed by atoms with van der Waals surface area (Å²) in [6.45, 7) is 1.46. The summed E-state index contributed by atoms with van der Waals surface area (Å²) in [5, 5.41) is 10.6. The number of amides is 1. The van der Waals surface area contributed by atoms with E-state index in [0.717, 1.165) is 36.5 Å². The van der Waals surface area contributed by atoms with E-state index in [0.29, 0.717) is 18.2 Å². The Kier molecular flexibility index (Phi) is 3.80. The van der Waals surface area contributed by atoms with Crippen LogP contribution >= 0.6 is 11.6 Å². The van der Waals surface area contributed by atoms with Gasteiger partial charge in [-0.2, -0.15) is 5.10 Å². The maximum absolute atomic E-state index is 12.6. The Morgan fingerprint density at radius 2 is 2.33 bits per heavy atom. The molecular weight excluding hydrogens is 330 g/mol. The van der Waals surface area contributed by atoms with Crippen LogP contribution in [0, 0.1) is 0 Å². The molecule has 24 heavy (non-hydrogen) atoms. The molecule has 1 aliphatic carbocycles. The molecule has 2 heterocycles. The number of carbonyl (C=O) groups is 1. The Morgan fingerprint density at radius 3 is 3.04 bits per heavy atom. The van der Waals surface area contributed by atoms with Gasteiger partial charge in [-0.3, -0.25) is 9.89 Å². The number of nitrogens with zero attached hydrogens (tertiary/aromatic N) is 3. The Morgan fingerprint density at radius 1 is 1.46 bits per heavy atom. The zero-order valence-corrected chi connectivity index (χ0v) is 13.8. The van der Waals surface area contributed by atoms with Crippen LogP contribution in [0.4, 0.5) is 5.69 Å². The van der Waals surface area contributed by atoms with Crippen molar-refractivity contribution in [1.29, 1.82) is 0 Å². The second kappa shape index (κ2) is 5.98. The normalized spacial score (nSPS) is 18.3. The Bertz CT molecular complexity index is 745. The van der Waals surface area contributed by atoms with Crippen LogP contribution < -0.4 is 15.0 Å². The number of hydrogen-bond acceptors (Lipinski definition) is 5. The van der Waals surface area contributed by atoms with Crippen molar-refractivity contribution < 1.29 is 9.53 Å². The van der Waals surface area contributed by atoms with Gasteiger partial charge in [-0.25, -0.2) is 4.98 Å². The maximum Gasteiger partial charge on any atom is 0.240 e. The van der Waals surface area contributed by atoms with Gasteiger partial charge in [0.2, 0.25) is 5.91 Å². The van der Waals surface area contributed by atoms with E-state index >= 15 is 0 Å². The Labute approximate surface area is 144 Å². The lowest BCUT2D eigenvalue weighted by Gasteiger charge is -2.41. The van der Waals surface area contributed by atoms with Crippen LogP contribution in [0.1, 0.15) is 25.1 Å². The van der Waals surface area contributed by atoms with Gasteiger partial charge in [0.05, 0.1) is 24.3 Å². The fourth-order valence-electron chi connectivity index (χ4n) is 3.28. The smallest absolute Gasteiger partial charge is 0.240 e. The molecule has 4 rings (SSSR count). The highest BCUT2D eigenvalue weighted by Crippen LogP contribution is 2.39. The van der Waals surface area contributed by atoms with E-state index in [1.807, 2.05) is 17.0 Å². The van der Waals surface area contributed by atoms with Gasteiger partial charge < -0.3 is 15.0 Å². The largest absolute Gasteiger partial charge is 0.490 e. The molecule has 1 aromatic carbocycles. The summed E-state index contributed by atoms with van der Waals surface area (Å²) in [6.07, 6.45) is 4.29. The lowest BCUT2D eigenvalue weighted by molar-refractivity contribution is -0.123. The first-order valence-corrected chi connectivity index (χ1v) is 8.38. The molecule has 0 bridgehead atoms. The van der Waals surface area contributed by atoms with Crippen molar-refractivity contribution in [3.63, 3.8) is 0 Å². The van der Waals surface area contributed by atoms with E-state index in [1.54, 1.807) is 6.07 Å². The van der Waals surface area contributed by atoms with Crippen LogP contribution in [0.5, 0.6) is 5.75 Å². The minimum Gasteiger partial charge on any atom is -0.490 e. The standard InChI is InChI=1S/C16H18ClN5O2/c17-11-2-3-13-12(8-11)22(6-7-24-13)9-14(23)20-16(4-1-5-16)15-18-10-19-21-15/h2-3,8,10H,1,4-7,9H2,(H,20,23)(H,18,19,21). The quantitative estimate of drug-likeness (QED) is 0.882. The molecule has 0 saturated heterocycles. The topological polar surface area (TPSA) is 83.1 Å². The van der Waals surface area contributed by atoms with E-state index in [4.69, 9.17) is 16.3 Å². The monoisotopic (exact) mass is 347 g/mol. The highest BCUT2D eigenvalue weighted by atomic mass is 35.5. The van der Waals surface area contributed by atoms with Crippen molar-refractivity contribution >= 4 is 23.2 Å². The van der Waals surface area contributed by atoms with Gasteiger partial charge in [0.1, 0.15) is 24.5 Å². The molecule has 1 saturated carbocycles. The summed E-state index contributed by atoms with van der Waals surface area (Å²) < 4.78 is 5.63. The zero-order chi connectivity index (χ0) is 16.6. The van der Waals surface area contributed by atoms with E-state index in [-0.39, 0.29) is 12.5 Å². The third-order valence-electron chi connectivity index (χ3n) is 4.67. The second-order valence-electron chi connectivity index (χ2n) is 6.20. The van der Waals surface area contributed by atoms with Crippen LogP contribution in [0.3, 0.4) is 0 Å². The number of H-pyrrole nitrogens is 1. The van der Waals surface area contributed by atoms with Crippen LogP contribution in [-0.4, -0.2) is 40.8 Å². The molecule has 7 nitrogen and oxygen atoms in total. The SMILES string of the molecule is O=C(CN1CCOc2ccc(Cl)cc21)NC1(c2ncn[nH]2)CCC1. The first-order chi connectivity index (χ1) is 11.7. The van der Waals surface area contributed by atoms with Gasteiger partial charge in [-0.1, -0.05) is 11.6 Å². The first kappa shape index (κ1) is 15.3. The summed E-state index contributed by atoms with van der Waals surface area (Å²) in [4.78, 5) is 18.8. The molecule has 1 fully saturated rings. The fourth-order valence-corrected chi connectivity index (χ4v) is 3.44. The third-order valence-corrected chi connectivity index (χ3v) is 4.90. The Balaban J connectivity index is 1.49. The van der Waals surface area contributed by atoms with Gasteiger partial charge >= 0.3 is 0 Å². The second-order valence-corrected chi connectivity index (χ2v) is 6.64. The van der Waals surface area contributed by atoms with Crippen LogP contribution in [0.25, 0.3) is 0 Å². The number of aromatic nitrogens is 3. The minimum absolute atomic E-state index is 0.0427. The van der Waals surface area contributed by atoms with Crippen LogP contribution in [0.2, 0.25) is 5.02 Å². The number of aromatic amines is 1. The first-order valence-electron chi connectivity index (χ1n) is 8.00. The lowest BCUT2D eigenvalue weighted by atomic mass is 9.76. The predicted molar refractivity (Wildman–Crippen MR) is 89.2 cm³/mol. The summed E-state index contributed by atoms with van der Waals surface area (Å²) >= 11 is 6.08. The number of nitrogens with one attached hydrogen (secondary N) is 2. The average Bonchev–Trinajstić information content (AvgIpc) is 3.06. The number of halogens is 1. The lowest BCUT2D eigenvalue weighted by Crippen LogP contribution is -2.54. The molecule has 0 radical (unpaired) electrons. The molecule has 2 aromatic rings. The molecule has 126 valence electrons. The number of ether oxygens (including phenoxy) is 1. The van der Waals surface area contributed by atoms with Crippen molar-refractivity contribution in [2.45, 2.75) is 24.8 Å². The third kappa shape index (κ3) is 2.69. The number of hydrogen-bond donors (Lipinski definition) is 2. The van der Waals surface area contributed by atoms with Gasteiger partial charge in [-0.15, -0.1) is 0 Å². The summed E-state index contributed by atoms with van der Waals surface area (Å²) in [5.41, 5.74) is 0.447. The number of carbonyl (C=O) groups excluding carboxylic acids is 1. The average molecular weight is 348 g/mol. The number of anilines is 1. The zero-order valence-electron chi connectivity index (χ0n) is 13.1. The number of benzene rings is 1. The summed E-state index contributed by atoms with van der Waals surface area (Å²) in [7, 11) is 0. The van der Waals surface area contributed by atoms with Crippen molar-refractivity contribution in [3.05, 3.63) is 35.4 Å². The molecule has 2 N–H and O–H groups in total. The Hall–Kier alpha value is -2.28. The molecule has 0 spiro atoms. The molecule has 0 unspecified atom stereocenters. The van der Waals surface area contributed by atoms with E-state index < -0.39 is 5.54 Å². The number of fused-ring (bicyclic) bond motifs is 1. The molecule has 0 atom stereocenters. The highest BCUT2D eigenvalue weighted by Gasteiger charge is 2.42. The van der Waals surface area contributed by atoms with Crippen molar-refractivity contribution in [3.8, 4) is 5.75 Å². The van der Waals surface area contributed by atoms with Gasteiger partial charge in [-0.05, 0) is 37.5 Å². The van der Waals surface area contributed by atoms with E-state index in [9.17, 15) is 4.79 Å². The molecular formula is C16H18ClN5O2. The van der Waals surface area contributed by atoms with Crippen molar-refractivity contribution in [2.24, 2.45) is 0 Å². The summed E-state index contributed by atoms with van der Waals surface area (Å²) in [5.74, 6) is 1.44. The van der Waals surface area contributed by atoms with Gasteiger partial charge in [0.15, 0.2) is 0 Å². The maximum atomic E-state index is 12.6. The summed E-state index contributed by atoms with van der Waals surface area (Å²) in [6, 6.07) is 5.46. The molecule has 1 amide bonds. The predicted octanol–water partition coefficient (Wildman–Crippen LogP) is 1.85. The number of rotatable bonds is 4. The van der Waals surface area contributed by atoms with Gasteiger partial charge in [0.25, 0.3) is 0 Å². The van der Waals surface area contributed by atoms with E-state index in [2.05, 4.69) is 20.5 Å². The van der Waals surface area contributed by atoms with E-state index in [1.165, 1.54) is 6.33 Å². The van der Waals surface area contributed by atoms with Gasteiger partial charge in [0, 0.05) is 5.02 Å². The van der Waals surface area contributed by atoms with Crippen LogP contribution in [0.15, 0.2) is 24.5 Å². The van der Waals surface area contributed by atoms with Crippen molar-refractivity contribution in [2.75, 3.05) is 24.6 Å². The molecule has 1 aromatic heterocycles.